The van der Waals surface area contributed by atoms with Gasteiger partial charge in [0.25, 0.3) is 5.91 Å². The Balaban J connectivity index is 1.90. The quantitative estimate of drug-likeness (QED) is 0.835. The average Bonchev–Trinajstić information content (AvgIpc) is 2.91. The van der Waals surface area contributed by atoms with E-state index < -0.39 is 0 Å². The first kappa shape index (κ1) is 15.3. The van der Waals surface area contributed by atoms with Gasteiger partial charge in [-0.2, -0.15) is 0 Å². The highest BCUT2D eigenvalue weighted by Gasteiger charge is 2.17. The van der Waals surface area contributed by atoms with Gasteiger partial charge < -0.3 is 15.8 Å². The molecule has 0 saturated heterocycles. The topological polar surface area (TPSA) is 64.3 Å². The highest BCUT2D eigenvalue weighted by atomic mass is 79.9. The number of nitrogens with two attached hydrogens (primary N) is 1. The summed E-state index contributed by atoms with van der Waals surface area (Å²) in [5, 5.41) is 3.02. The Bertz CT molecular complexity index is 459. The minimum absolute atomic E-state index is 0.0497. The van der Waals surface area contributed by atoms with Gasteiger partial charge in [-0.15, -0.1) is 0 Å². The van der Waals surface area contributed by atoms with Crippen LogP contribution in [0.3, 0.4) is 0 Å². The summed E-state index contributed by atoms with van der Waals surface area (Å²) in [6, 6.07) is 6.15. The van der Waals surface area contributed by atoms with Crippen molar-refractivity contribution >= 4 is 21.8 Å². The van der Waals surface area contributed by atoms with Crippen molar-refractivity contribution in [1.82, 2.24) is 5.32 Å². The zero-order chi connectivity index (χ0) is 14.4. The summed E-state index contributed by atoms with van der Waals surface area (Å²) < 4.78 is 6.54. The molecule has 0 bridgehead atoms. The highest BCUT2D eigenvalue weighted by molar-refractivity contribution is 9.10. The van der Waals surface area contributed by atoms with Crippen LogP contribution < -0.4 is 15.8 Å². The Labute approximate surface area is 128 Å². The maximum absolute atomic E-state index is 11.9. The van der Waals surface area contributed by atoms with Crippen molar-refractivity contribution in [2.75, 3.05) is 13.2 Å². The SMILES string of the molecule is NCCc1cccc(Br)c1OCC(=O)NC1CCCC1. The Morgan fingerprint density at radius 2 is 2.15 bits per heavy atom. The van der Waals surface area contributed by atoms with Crippen molar-refractivity contribution < 1.29 is 9.53 Å². The second-order valence-electron chi connectivity index (χ2n) is 5.10. The fourth-order valence-corrected chi connectivity index (χ4v) is 3.07. The molecule has 2 rings (SSSR count). The largest absolute Gasteiger partial charge is 0.482 e. The summed E-state index contributed by atoms with van der Waals surface area (Å²) in [5.41, 5.74) is 6.62. The number of carbonyl (C=O) groups is 1. The molecule has 1 saturated carbocycles. The number of hydrogen-bond donors (Lipinski definition) is 2. The number of amides is 1. The van der Waals surface area contributed by atoms with Gasteiger partial charge in [-0.05, 0) is 53.4 Å². The molecule has 1 aliphatic carbocycles. The first-order valence-electron chi connectivity index (χ1n) is 7.10. The van der Waals surface area contributed by atoms with Crippen molar-refractivity contribution in [3.05, 3.63) is 28.2 Å². The lowest BCUT2D eigenvalue weighted by Crippen LogP contribution is -2.36. The van der Waals surface area contributed by atoms with E-state index in [-0.39, 0.29) is 12.5 Å². The number of benzene rings is 1. The molecule has 1 aliphatic rings. The van der Waals surface area contributed by atoms with Crippen LogP contribution in [0.2, 0.25) is 0 Å². The third-order valence-corrected chi connectivity index (χ3v) is 4.15. The van der Waals surface area contributed by atoms with Crippen LogP contribution in [0.5, 0.6) is 5.75 Å². The number of nitrogens with one attached hydrogen (secondary N) is 1. The van der Waals surface area contributed by atoms with E-state index in [1.165, 1.54) is 12.8 Å². The van der Waals surface area contributed by atoms with Gasteiger partial charge in [0.15, 0.2) is 6.61 Å². The van der Waals surface area contributed by atoms with E-state index >= 15 is 0 Å². The Hall–Kier alpha value is -1.07. The summed E-state index contributed by atoms with van der Waals surface area (Å²) in [6.07, 6.45) is 5.31. The Morgan fingerprint density at radius 3 is 2.85 bits per heavy atom. The summed E-state index contributed by atoms with van der Waals surface area (Å²) in [5.74, 6) is 0.672. The Kier molecular flexibility index (Phi) is 5.86. The van der Waals surface area contributed by atoms with Gasteiger partial charge in [0, 0.05) is 6.04 Å². The van der Waals surface area contributed by atoms with E-state index in [1.54, 1.807) is 0 Å². The van der Waals surface area contributed by atoms with E-state index in [2.05, 4.69) is 21.2 Å². The van der Waals surface area contributed by atoms with Gasteiger partial charge in [-0.25, -0.2) is 0 Å². The summed E-state index contributed by atoms with van der Waals surface area (Å²) in [6.45, 7) is 0.609. The first-order valence-corrected chi connectivity index (χ1v) is 7.89. The molecule has 0 radical (unpaired) electrons. The number of carbonyl (C=O) groups excluding carboxylic acids is 1. The molecule has 0 unspecified atom stereocenters. The molecular weight excluding hydrogens is 320 g/mol. The van der Waals surface area contributed by atoms with E-state index in [0.717, 1.165) is 35.0 Å². The van der Waals surface area contributed by atoms with Gasteiger partial charge in [-0.3, -0.25) is 4.79 Å². The van der Waals surface area contributed by atoms with Crippen molar-refractivity contribution in [1.29, 1.82) is 0 Å². The normalized spacial score (nSPS) is 15.3. The summed E-state index contributed by atoms with van der Waals surface area (Å²) in [4.78, 5) is 11.9. The lowest BCUT2D eigenvalue weighted by atomic mass is 10.1. The Morgan fingerprint density at radius 1 is 1.40 bits per heavy atom. The third kappa shape index (κ3) is 4.21. The van der Waals surface area contributed by atoms with E-state index in [9.17, 15) is 4.79 Å². The minimum Gasteiger partial charge on any atom is -0.482 e. The molecule has 1 aromatic carbocycles. The summed E-state index contributed by atoms with van der Waals surface area (Å²) in [7, 11) is 0. The standard InChI is InChI=1S/C15H21BrN2O2/c16-13-7-3-4-11(8-9-17)15(13)20-10-14(19)18-12-5-1-2-6-12/h3-4,7,12H,1-2,5-6,8-10,17H2,(H,18,19). The van der Waals surface area contributed by atoms with Crippen LogP contribution in [-0.4, -0.2) is 25.1 Å². The van der Waals surface area contributed by atoms with Crippen LogP contribution in [-0.2, 0) is 11.2 Å². The van der Waals surface area contributed by atoms with Crippen molar-refractivity contribution in [2.45, 2.75) is 38.1 Å². The maximum Gasteiger partial charge on any atom is 0.258 e. The molecule has 0 atom stereocenters. The lowest BCUT2D eigenvalue weighted by Gasteiger charge is -2.15. The van der Waals surface area contributed by atoms with Crippen LogP contribution in [0.15, 0.2) is 22.7 Å². The molecule has 0 spiro atoms. The van der Waals surface area contributed by atoms with Gasteiger partial charge >= 0.3 is 0 Å². The molecule has 1 amide bonds. The zero-order valence-electron chi connectivity index (χ0n) is 11.5. The molecule has 1 aromatic rings. The average molecular weight is 341 g/mol. The van der Waals surface area contributed by atoms with Gasteiger partial charge in [0.05, 0.1) is 4.47 Å². The molecular formula is C15H21BrN2O2. The van der Waals surface area contributed by atoms with E-state index in [4.69, 9.17) is 10.5 Å². The molecule has 1 fully saturated rings. The number of rotatable bonds is 6. The smallest absolute Gasteiger partial charge is 0.258 e. The monoisotopic (exact) mass is 340 g/mol. The maximum atomic E-state index is 11.9. The van der Waals surface area contributed by atoms with E-state index in [1.807, 2.05) is 18.2 Å². The predicted molar refractivity (Wildman–Crippen MR) is 82.8 cm³/mol. The van der Waals surface area contributed by atoms with Crippen LogP contribution in [0.1, 0.15) is 31.2 Å². The second-order valence-corrected chi connectivity index (χ2v) is 5.96. The van der Waals surface area contributed by atoms with E-state index in [0.29, 0.717) is 12.6 Å². The van der Waals surface area contributed by atoms with Crippen LogP contribution in [0.4, 0.5) is 0 Å². The molecule has 4 nitrogen and oxygen atoms in total. The van der Waals surface area contributed by atoms with Crippen LogP contribution >= 0.6 is 15.9 Å². The number of hydrogen-bond acceptors (Lipinski definition) is 3. The van der Waals surface area contributed by atoms with Crippen LogP contribution in [0.25, 0.3) is 0 Å². The lowest BCUT2D eigenvalue weighted by molar-refractivity contribution is -0.123. The predicted octanol–water partition coefficient (Wildman–Crippen LogP) is 2.39. The van der Waals surface area contributed by atoms with Crippen LogP contribution in [0, 0.1) is 0 Å². The zero-order valence-corrected chi connectivity index (χ0v) is 13.1. The van der Waals surface area contributed by atoms with Gasteiger partial charge in [0.1, 0.15) is 5.75 Å². The van der Waals surface area contributed by atoms with Gasteiger partial charge in [-0.1, -0.05) is 25.0 Å². The molecule has 0 aliphatic heterocycles. The molecule has 110 valence electrons. The molecule has 5 heteroatoms. The first-order chi connectivity index (χ1) is 9.70. The molecule has 3 N–H and O–H groups in total. The number of para-hydroxylation sites is 1. The second kappa shape index (κ2) is 7.64. The minimum atomic E-state index is -0.0497. The molecule has 0 aromatic heterocycles. The highest BCUT2D eigenvalue weighted by Crippen LogP contribution is 2.29. The van der Waals surface area contributed by atoms with Crippen molar-refractivity contribution in [2.24, 2.45) is 5.73 Å². The molecule has 20 heavy (non-hydrogen) atoms. The van der Waals surface area contributed by atoms with Crippen molar-refractivity contribution in [3.8, 4) is 5.75 Å². The summed E-state index contributed by atoms with van der Waals surface area (Å²) >= 11 is 3.46. The third-order valence-electron chi connectivity index (χ3n) is 3.53. The van der Waals surface area contributed by atoms with Crippen molar-refractivity contribution in [3.63, 3.8) is 0 Å². The number of ether oxygens (including phenoxy) is 1. The molecule has 0 heterocycles. The fraction of sp³-hybridized carbons (Fsp3) is 0.533. The number of halogens is 1. The van der Waals surface area contributed by atoms with Gasteiger partial charge in [0.2, 0.25) is 0 Å². The fourth-order valence-electron chi connectivity index (χ4n) is 2.54.